The molecule has 0 aromatic rings. The highest BCUT2D eigenvalue weighted by molar-refractivity contribution is 5.75. The lowest BCUT2D eigenvalue weighted by atomic mass is 9.82. The molecule has 0 radical (unpaired) electrons. The number of carboxylic acid groups (broad SMARTS) is 1. The van der Waals surface area contributed by atoms with E-state index >= 15 is 0 Å². The highest BCUT2D eigenvalue weighted by atomic mass is 16.5. The maximum Gasteiger partial charge on any atom is 0.310 e. The third-order valence-electron chi connectivity index (χ3n) is 4.88. The number of aliphatic carboxylic acids is 1. The molecular weight excluding hydrogens is 242 g/mol. The number of nitrogens with zero attached hydrogens (tertiary/aromatic N) is 1. The minimum atomic E-state index is -0.601. The standard InChI is InChI=1S/C15H27NO3/c1-3-6-15(14(17)18)7-8-16(11-15)12-5-9-19-13(4-2)10-12/h12-13H,3-11H2,1-2H3,(H,17,18). The predicted molar refractivity (Wildman–Crippen MR) is 74.2 cm³/mol. The van der Waals surface area contributed by atoms with E-state index in [0.29, 0.717) is 12.1 Å². The molecule has 0 aromatic carbocycles. The van der Waals surface area contributed by atoms with Gasteiger partial charge in [0.05, 0.1) is 11.5 Å². The molecule has 110 valence electrons. The summed E-state index contributed by atoms with van der Waals surface area (Å²) in [6, 6.07) is 0.525. The van der Waals surface area contributed by atoms with Gasteiger partial charge < -0.3 is 9.84 Å². The topological polar surface area (TPSA) is 49.8 Å². The number of ether oxygens (including phenoxy) is 1. The number of carboxylic acids is 1. The molecule has 3 unspecified atom stereocenters. The highest BCUT2D eigenvalue weighted by Gasteiger charge is 2.46. The lowest BCUT2D eigenvalue weighted by molar-refractivity contribution is -0.148. The highest BCUT2D eigenvalue weighted by Crippen LogP contribution is 2.38. The van der Waals surface area contributed by atoms with E-state index in [4.69, 9.17) is 4.74 Å². The maximum absolute atomic E-state index is 11.6. The van der Waals surface area contributed by atoms with Gasteiger partial charge in [-0.15, -0.1) is 0 Å². The first-order valence-corrected chi connectivity index (χ1v) is 7.70. The second-order valence-corrected chi connectivity index (χ2v) is 6.14. The fraction of sp³-hybridized carbons (Fsp3) is 0.933. The van der Waals surface area contributed by atoms with Gasteiger partial charge in [0.25, 0.3) is 0 Å². The van der Waals surface area contributed by atoms with Crippen LogP contribution < -0.4 is 0 Å². The van der Waals surface area contributed by atoms with Crippen molar-refractivity contribution in [3.05, 3.63) is 0 Å². The smallest absolute Gasteiger partial charge is 0.310 e. The van der Waals surface area contributed by atoms with Gasteiger partial charge in [0.1, 0.15) is 0 Å². The average molecular weight is 269 g/mol. The number of likely N-dealkylation sites (tertiary alicyclic amines) is 1. The van der Waals surface area contributed by atoms with Crippen LogP contribution in [-0.4, -0.2) is 47.8 Å². The van der Waals surface area contributed by atoms with E-state index in [1.165, 1.54) is 0 Å². The Morgan fingerprint density at radius 3 is 2.89 bits per heavy atom. The van der Waals surface area contributed by atoms with E-state index in [2.05, 4.69) is 18.7 Å². The molecule has 2 aliphatic heterocycles. The number of rotatable bonds is 5. The van der Waals surface area contributed by atoms with Crippen LogP contribution in [0.5, 0.6) is 0 Å². The van der Waals surface area contributed by atoms with Crippen LogP contribution in [0.15, 0.2) is 0 Å². The third kappa shape index (κ3) is 3.11. The summed E-state index contributed by atoms with van der Waals surface area (Å²) in [4.78, 5) is 14.0. The first-order valence-electron chi connectivity index (χ1n) is 7.70. The molecule has 3 atom stereocenters. The van der Waals surface area contributed by atoms with Crippen LogP contribution in [0.1, 0.15) is 52.4 Å². The Balaban J connectivity index is 1.98. The summed E-state index contributed by atoms with van der Waals surface area (Å²) in [5, 5.41) is 9.56. The molecule has 19 heavy (non-hydrogen) atoms. The van der Waals surface area contributed by atoms with E-state index in [0.717, 1.165) is 58.2 Å². The second kappa shape index (κ2) is 6.23. The molecule has 2 heterocycles. The quantitative estimate of drug-likeness (QED) is 0.833. The molecular formula is C15H27NO3. The SMILES string of the molecule is CCCC1(C(=O)O)CCN(C2CCOC(CC)C2)C1. The molecule has 2 saturated heterocycles. The van der Waals surface area contributed by atoms with Crippen molar-refractivity contribution in [1.29, 1.82) is 0 Å². The molecule has 4 heteroatoms. The molecule has 2 rings (SSSR count). The summed E-state index contributed by atoms with van der Waals surface area (Å²) in [5.74, 6) is -0.601. The second-order valence-electron chi connectivity index (χ2n) is 6.14. The lowest BCUT2D eigenvalue weighted by Crippen LogP contribution is -2.43. The van der Waals surface area contributed by atoms with Gasteiger partial charge in [0, 0.05) is 19.2 Å². The van der Waals surface area contributed by atoms with Crippen molar-refractivity contribution in [2.24, 2.45) is 5.41 Å². The van der Waals surface area contributed by atoms with E-state index in [-0.39, 0.29) is 0 Å². The monoisotopic (exact) mass is 269 g/mol. The van der Waals surface area contributed by atoms with E-state index in [1.807, 2.05) is 0 Å². The molecule has 0 aliphatic carbocycles. The van der Waals surface area contributed by atoms with Crippen LogP contribution in [-0.2, 0) is 9.53 Å². The normalized spacial score (nSPS) is 36.5. The van der Waals surface area contributed by atoms with Gasteiger partial charge >= 0.3 is 5.97 Å². The van der Waals surface area contributed by atoms with Crippen LogP contribution in [0.4, 0.5) is 0 Å². The van der Waals surface area contributed by atoms with Crippen LogP contribution in [0, 0.1) is 5.41 Å². The molecule has 0 saturated carbocycles. The third-order valence-corrected chi connectivity index (χ3v) is 4.88. The number of carbonyl (C=O) groups is 1. The first-order chi connectivity index (χ1) is 9.11. The van der Waals surface area contributed by atoms with Crippen molar-refractivity contribution in [3.8, 4) is 0 Å². The molecule has 2 fully saturated rings. The minimum Gasteiger partial charge on any atom is -0.481 e. The Morgan fingerprint density at radius 2 is 2.26 bits per heavy atom. The predicted octanol–water partition coefficient (Wildman–Crippen LogP) is 2.52. The van der Waals surface area contributed by atoms with E-state index in [1.54, 1.807) is 0 Å². The van der Waals surface area contributed by atoms with Crippen molar-refractivity contribution in [1.82, 2.24) is 4.90 Å². The van der Waals surface area contributed by atoms with E-state index in [9.17, 15) is 9.90 Å². The average Bonchev–Trinajstić information content (AvgIpc) is 2.85. The van der Waals surface area contributed by atoms with Gasteiger partial charge in [-0.2, -0.15) is 0 Å². The summed E-state index contributed by atoms with van der Waals surface area (Å²) >= 11 is 0. The Labute approximate surface area is 116 Å². The van der Waals surface area contributed by atoms with Crippen molar-refractivity contribution < 1.29 is 14.6 Å². The Kier molecular flexibility index (Phi) is 4.85. The zero-order valence-corrected chi connectivity index (χ0v) is 12.2. The molecule has 4 nitrogen and oxygen atoms in total. The fourth-order valence-corrected chi connectivity index (χ4v) is 3.66. The van der Waals surface area contributed by atoms with Crippen LogP contribution in [0.25, 0.3) is 0 Å². The minimum absolute atomic E-state index is 0.366. The van der Waals surface area contributed by atoms with Crippen molar-refractivity contribution in [2.45, 2.75) is 64.5 Å². The molecule has 2 aliphatic rings. The molecule has 1 N–H and O–H groups in total. The summed E-state index contributed by atoms with van der Waals surface area (Å²) in [6.07, 6.45) is 6.11. The van der Waals surface area contributed by atoms with Gasteiger partial charge in [-0.05, 0) is 38.6 Å². The Hall–Kier alpha value is -0.610. The zero-order chi connectivity index (χ0) is 13.9. The van der Waals surface area contributed by atoms with Gasteiger partial charge in [0.15, 0.2) is 0 Å². The summed E-state index contributed by atoms with van der Waals surface area (Å²) in [5.41, 5.74) is -0.491. The van der Waals surface area contributed by atoms with Crippen molar-refractivity contribution in [2.75, 3.05) is 19.7 Å². The number of hydrogen-bond donors (Lipinski definition) is 1. The van der Waals surface area contributed by atoms with Crippen molar-refractivity contribution in [3.63, 3.8) is 0 Å². The van der Waals surface area contributed by atoms with Crippen LogP contribution >= 0.6 is 0 Å². The van der Waals surface area contributed by atoms with Gasteiger partial charge in [-0.3, -0.25) is 9.69 Å². The summed E-state index contributed by atoms with van der Waals surface area (Å²) in [7, 11) is 0. The van der Waals surface area contributed by atoms with Crippen LogP contribution in [0.3, 0.4) is 0 Å². The van der Waals surface area contributed by atoms with Gasteiger partial charge in [-0.1, -0.05) is 20.3 Å². The van der Waals surface area contributed by atoms with Gasteiger partial charge in [0.2, 0.25) is 0 Å². The van der Waals surface area contributed by atoms with Crippen LogP contribution in [0.2, 0.25) is 0 Å². The molecule has 0 amide bonds. The van der Waals surface area contributed by atoms with E-state index < -0.39 is 11.4 Å². The zero-order valence-electron chi connectivity index (χ0n) is 12.2. The Morgan fingerprint density at radius 1 is 1.47 bits per heavy atom. The molecule has 0 spiro atoms. The number of hydrogen-bond acceptors (Lipinski definition) is 3. The Bertz CT molecular complexity index is 321. The first kappa shape index (κ1) is 14.8. The lowest BCUT2D eigenvalue weighted by Gasteiger charge is -2.36. The largest absolute Gasteiger partial charge is 0.481 e. The van der Waals surface area contributed by atoms with Crippen molar-refractivity contribution >= 4 is 5.97 Å². The van der Waals surface area contributed by atoms with Gasteiger partial charge in [-0.25, -0.2) is 0 Å². The molecule has 0 aromatic heterocycles. The fourth-order valence-electron chi connectivity index (χ4n) is 3.66. The molecule has 0 bridgehead atoms. The summed E-state index contributed by atoms with van der Waals surface area (Å²) in [6.45, 7) is 6.74. The maximum atomic E-state index is 11.6. The summed E-state index contributed by atoms with van der Waals surface area (Å²) < 4.78 is 5.72.